The zero-order valence-electron chi connectivity index (χ0n) is 21.5. The lowest BCUT2D eigenvalue weighted by atomic mass is 10.2. The normalized spacial score (nSPS) is 13.7. The van der Waals surface area contributed by atoms with Crippen LogP contribution in [0.15, 0.2) is 30.5 Å². The van der Waals surface area contributed by atoms with Crippen LogP contribution in [-0.2, 0) is 4.74 Å². The first-order chi connectivity index (χ1) is 16.6. The molecule has 1 aliphatic rings. The van der Waals surface area contributed by atoms with Crippen molar-refractivity contribution >= 4 is 29.5 Å². The average molecular weight is 485 g/mol. The van der Waals surface area contributed by atoms with Gasteiger partial charge in [0.05, 0.1) is 6.61 Å². The second-order valence-electron chi connectivity index (χ2n) is 9.44. The van der Waals surface area contributed by atoms with Gasteiger partial charge >= 0.3 is 6.09 Å². The summed E-state index contributed by atoms with van der Waals surface area (Å²) in [4.78, 5) is 39.5. The number of nitrogens with one attached hydrogen (secondary N) is 1. The van der Waals surface area contributed by atoms with Crippen molar-refractivity contribution in [1.29, 1.82) is 0 Å². The van der Waals surface area contributed by atoms with E-state index in [1.54, 1.807) is 23.0 Å². The molecule has 1 aliphatic heterocycles. The maximum atomic E-state index is 13.4. The number of hydrogen-bond donors (Lipinski definition) is 1. The van der Waals surface area contributed by atoms with E-state index in [0.717, 1.165) is 5.69 Å². The summed E-state index contributed by atoms with van der Waals surface area (Å²) in [6, 6.07) is 7.47. The van der Waals surface area contributed by atoms with Gasteiger partial charge in [-0.3, -0.25) is 4.79 Å². The molecule has 0 saturated carbocycles. The Labute approximate surface area is 207 Å². The standard InChI is InChI=1S/C25H36N6O4/c1-7-26-23-27-17-20-21(28-23)29(5)13-14-31(22(20)32)18-10-8-11-19(16-18)34-15-9-12-30(6)24(33)35-25(2,3)4/h8,10-11,16-17H,7,9,12-15H2,1-6H3,(H,26,27,28). The number of benzene rings is 1. The fourth-order valence-electron chi connectivity index (χ4n) is 3.57. The van der Waals surface area contributed by atoms with Crippen molar-refractivity contribution < 1.29 is 19.1 Å². The summed E-state index contributed by atoms with van der Waals surface area (Å²) in [5, 5.41) is 3.09. The Kier molecular flexibility index (Phi) is 8.37. The van der Waals surface area contributed by atoms with E-state index in [9.17, 15) is 9.59 Å². The van der Waals surface area contributed by atoms with Gasteiger partial charge in [0.25, 0.3) is 5.91 Å². The molecule has 0 aliphatic carbocycles. The van der Waals surface area contributed by atoms with Crippen LogP contribution in [0.3, 0.4) is 0 Å². The van der Waals surface area contributed by atoms with Crippen LogP contribution in [0.1, 0.15) is 44.5 Å². The number of anilines is 3. The zero-order valence-corrected chi connectivity index (χ0v) is 21.5. The molecule has 0 radical (unpaired) electrons. The van der Waals surface area contributed by atoms with E-state index in [4.69, 9.17) is 9.47 Å². The van der Waals surface area contributed by atoms with Crippen molar-refractivity contribution in [3.05, 3.63) is 36.0 Å². The van der Waals surface area contributed by atoms with E-state index >= 15 is 0 Å². The molecular weight excluding hydrogens is 448 g/mol. The number of aromatic nitrogens is 2. The van der Waals surface area contributed by atoms with Crippen LogP contribution in [0.25, 0.3) is 0 Å². The first kappa shape index (κ1) is 26.1. The molecule has 3 rings (SSSR count). The predicted molar refractivity (Wildman–Crippen MR) is 137 cm³/mol. The largest absolute Gasteiger partial charge is 0.493 e. The third-order valence-electron chi connectivity index (χ3n) is 5.34. The summed E-state index contributed by atoms with van der Waals surface area (Å²) >= 11 is 0. The van der Waals surface area contributed by atoms with Crippen LogP contribution >= 0.6 is 0 Å². The summed E-state index contributed by atoms with van der Waals surface area (Å²) in [5.74, 6) is 1.63. The highest BCUT2D eigenvalue weighted by atomic mass is 16.6. The first-order valence-electron chi connectivity index (χ1n) is 11.9. The molecule has 190 valence electrons. The topological polar surface area (TPSA) is 100 Å². The second kappa shape index (κ2) is 11.2. The van der Waals surface area contributed by atoms with Gasteiger partial charge < -0.3 is 29.5 Å². The third-order valence-corrected chi connectivity index (χ3v) is 5.34. The van der Waals surface area contributed by atoms with E-state index in [1.165, 1.54) is 0 Å². The average Bonchev–Trinajstić information content (AvgIpc) is 2.92. The van der Waals surface area contributed by atoms with Crippen LogP contribution in [0, 0.1) is 0 Å². The number of nitrogens with zero attached hydrogens (tertiary/aromatic N) is 5. The number of likely N-dealkylation sites (N-methyl/N-ethyl adjacent to an activating group) is 1. The van der Waals surface area contributed by atoms with Gasteiger partial charge in [-0.1, -0.05) is 6.07 Å². The Morgan fingerprint density at radius 2 is 2.03 bits per heavy atom. The zero-order chi connectivity index (χ0) is 25.6. The summed E-state index contributed by atoms with van der Waals surface area (Å²) in [7, 11) is 3.63. The molecule has 10 nitrogen and oxygen atoms in total. The molecule has 2 heterocycles. The van der Waals surface area contributed by atoms with Gasteiger partial charge in [0.1, 0.15) is 22.7 Å². The SMILES string of the molecule is CCNc1ncc2c(n1)N(C)CCN(c1cccc(OCCCN(C)C(=O)OC(C)(C)C)c1)C2=O. The van der Waals surface area contributed by atoms with Crippen molar-refractivity contribution in [3.8, 4) is 5.75 Å². The first-order valence-corrected chi connectivity index (χ1v) is 11.9. The molecule has 1 aromatic heterocycles. The molecule has 1 N–H and O–H groups in total. The van der Waals surface area contributed by atoms with Gasteiger partial charge in [-0.15, -0.1) is 0 Å². The van der Waals surface area contributed by atoms with Gasteiger partial charge in [0.2, 0.25) is 5.95 Å². The van der Waals surface area contributed by atoms with E-state index < -0.39 is 5.60 Å². The smallest absolute Gasteiger partial charge is 0.410 e. The number of carbonyl (C=O) groups is 2. The second-order valence-corrected chi connectivity index (χ2v) is 9.44. The van der Waals surface area contributed by atoms with E-state index in [-0.39, 0.29) is 12.0 Å². The number of ether oxygens (including phenoxy) is 2. The molecule has 2 aromatic rings. The maximum Gasteiger partial charge on any atom is 0.410 e. The number of rotatable bonds is 8. The lowest BCUT2D eigenvalue weighted by molar-refractivity contribution is 0.0292. The van der Waals surface area contributed by atoms with Crippen LogP contribution in [0.2, 0.25) is 0 Å². The van der Waals surface area contributed by atoms with Gasteiger partial charge in [-0.2, -0.15) is 4.98 Å². The van der Waals surface area contributed by atoms with Gasteiger partial charge in [-0.05, 0) is 46.2 Å². The van der Waals surface area contributed by atoms with Crippen molar-refractivity contribution in [2.45, 2.75) is 39.7 Å². The highest BCUT2D eigenvalue weighted by Crippen LogP contribution is 2.28. The molecule has 0 fully saturated rings. The molecule has 0 atom stereocenters. The maximum absolute atomic E-state index is 13.4. The van der Waals surface area contributed by atoms with Crippen molar-refractivity contribution in [1.82, 2.24) is 14.9 Å². The molecule has 0 spiro atoms. The van der Waals surface area contributed by atoms with Crippen LogP contribution in [-0.4, -0.2) is 79.4 Å². The Morgan fingerprint density at radius 1 is 1.26 bits per heavy atom. The summed E-state index contributed by atoms with van der Waals surface area (Å²) in [6.45, 7) is 10.3. The minimum Gasteiger partial charge on any atom is -0.493 e. The Balaban J connectivity index is 1.63. The molecule has 35 heavy (non-hydrogen) atoms. The Hall–Kier alpha value is -3.56. The monoisotopic (exact) mass is 484 g/mol. The van der Waals surface area contributed by atoms with Crippen molar-refractivity contribution in [2.75, 3.05) is 62.0 Å². The number of hydrogen-bond acceptors (Lipinski definition) is 8. The minimum atomic E-state index is -0.525. The molecule has 0 saturated heterocycles. The fraction of sp³-hybridized carbons (Fsp3) is 0.520. The molecule has 10 heteroatoms. The van der Waals surface area contributed by atoms with Crippen molar-refractivity contribution in [3.63, 3.8) is 0 Å². The van der Waals surface area contributed by atoms with Crippen LogP contribution < -0.4 is 19.9 Å². The number of amides is 2. The van der Waals surface area contributed by atoms with Crippen LogP contribution in [0.4, 0.5) is 22.2 Å². The van der Waals surface area contributed by atoms with Gasteiger partial charge in [0.15, 0.2) is 0 Å². The molecule has 0 unspecified atom stereocenters. The number of fused-ring (bicyclic) bond motifs is 1. The molecule has 0 bridgehead atoms. The van der Waals surface area contributed by atoms with E-state index in [0.29, 0.717) is 62.3 Å². The summed E-state index contributed by atoms with van der Waals surface area (Å²) in [6.07, 6.45) is 1.87. The Morgan fingerprint density at radius 3 is 2.74 bits per heavy atom. The lowest BCUT2D eigenvalue weighted by Crippen LogP contribution is -2.35. The van der Waals surface area contributed by atoms with E-state index in [1.807, 2.05) is 63.9 Å². The number of carbonyl (C=O) groups excluding carboxylic acids is 2. The highest BCUT2D eigenvalue weighted by molar-refractivity contribution is 6.09. The predicted octanol–water partition coefficient (Wildman–Crippen LogP) is 3.64. The highest BCUT2D eigenvalue weighted by Gasteiger charge is 2.28. The summed E-state index contributed by atoms with van der Waals surface area (Å²) < 4.78 is 11.3. The molecule has 1 aromatic carbocycles. The quantitative estimate of drug-likeness (QED) is 0.567. The fourth-order valence-corrected chi connectivity index (χ4v) is 3.57. The van der Waals surface area contributed by atoms with E-state index in [2.05, 4.69) is 15.3 Å². The minimum absolute atomic E-state index is 0.150. The third kappa shape index (κ3) is 6.97. The van der Waals surface area contributed by atoms with Gasteiger partial charge in [-0.25, -0.2) is 9.78 Å². The molecule has 2 amide bonds. The van der Waals surface area contributed by atoms with Crippen molar-refractivity contribution in [2.24, 2.45) is 0 Å². The summed E-state index contributed by atoms with van der Waals surface area (Å²) in [5.41, 5.74) is 0.682. The Bertz CT molecular complexity index is 1040. The lowest BCUT2D eigenvalue weighted by Gasteiger charge is -2.24. The molecular formula is C25H36N6O4. The van der Waals surface area contributed by atoms with Crippen LogP contribution in [0.5, 0.6) is 5.75 Å². The van der Waals surface area contributed by atoms with Gasteiger partial charge in [0, 0.05) is 58.2 Å².